The van der Waals surface area contributed by atoms with Gasteiger partial charge in [-0.05, 0) is 51.3 Å². The minimum Gasteiger partial charge on any atom is -0.346 e. The van der Waals surface area contributed by atoms with Gasteiger partial charge in [0.1, 0.15) is 6.33 Å². The zero-order valence-corrected chi connectivity index (χ0v) is 15.0. The van der Waals surface area contributed by atoms with Crippen molar-refractivity contribution < 1.29 is 4.79 Å². The number of carbonyl (C=O) groups excluding carboxylic acids is 1. The summed E-state index contributed by atoms with van der Waals surface area (Å²) in [5.74, 6) is 0.839. The summed E-state index contributed by atoms with van der Waals surface area (Å²) in [7, 11) is 0. The van der Waals surface area contributed by atoms with Crippen molar-refractivity contribution >= 4 is 17.5 Å². The van der Waals surface area contributed by atoms with E-state index in [0.29, 0.717) is 5.02 Å². The third kappa shape index (κ3) is 2.93. The Labute approximate surface area is 147 Å². The molecule has 0 unspecified atom stereocenters. The molecular weight excluding hydrogens is 324 g/mol. The molecule has 1 amide bonds. The van der Waals surface area contributed by atoms with E-state index in [4.69, 9.17) is 11.6 Å². The fourth-order valence-electron chi connectivity index (χ4n) is 3.30. The summed E-state index contributed by atoms with van der Waals surface area (Å²) in [6.45, 7) is 6.10. The highest BCUT2D eigenvalue weighted by atomic mass is 35.5. The Kier molecular flexibility index (Phi) is 4.63. The summed E-state index contributed by atoms with van der Waals surface area (Å²) in [4.78, 5) is 13.0. The molecule has 1 N–H and O–H groups in total. The van der Waals surface area contributed by atoms with Crippen LogP contribution >= 0.6 is 11.6 Å². The molecule has 1 aromatic heterocycles. The molecule has 0 radical (unpaired) electrons. The summed E-state index contributed by atoms with van der Waals surface area (Å²) in [6, 6.07) is 7.69. The lowest BCUT2D eigenvalue weighted by atomic mass is 9.63. The normalized spacial score (nSPS) is 17.4. The van der Waals surface area contributed by atoms with E-state index < -0.39 is 5.41 Å². The van der Waals surface area contributed by atoms with Crippen LogP contribution in [0.15, 0.2) is 30.6 Å². The van der Waals surface area contributed by atoms with E-state index >= 15 is 0 Å². The fourth-order valence-corrected chi connectivity index (χ4v) is 3.43. The van der Waals surface area contributed by atoms with Gasteiger partial charge < -0.3 is 9.88 Å². The first-order valence-corrected chi connectivity index (χ1v) is 8.78. The first-order chi connectivity index (χ1) is 11.4. The van der Waals surface area contributed by atoms with Crippen molar-refractivity contribution in [2.45, 2.75) is 57.5 Å². The lowest BCUT2D eigenvalue weighted by Crippen LogP contribution is -2.50. The molecular formula is C18H23ClN4O. The van der Waals surface area contributed by atoms with E-state index in [1.807, 2.05) is 35.8 Å². The molecule has 1 heterocycles. The minimum atomic E-state index is -0.443. The molecule has 0 saturated heterocycles. The number of carbonyl (C=O) groups is 1. The molecule has 24 heavy (non-hydrogen) atoms. The van der Waals surface area contributed by atoms with Crippen LogP contribution in [0.5, 0.6) is 0 Å². The van der Waals surface area contributed by atoms with E-state index in [0.717, 1.165) is 30.7 Å². The molecule has 0 spiro atoms. The van der Waals surface area contributed by atoms with Crippen LogP contribution in [0.2, 0.25) is 5.02 Å². The quantitative estimate of drug-likeness (QED) is 0.895. The summed E-state index contributed by atoms with van der Waals surface area (Å²) in [5.41, 5.74) is 0.592. The van der Waals surface area contributed by atoms with Gasteiger partial charge in [0.25, 0.3) is 0 Å². The predicted molar refractivity (Wildman–Crippen MR) is 93.9 cm³/mol. The van der Waals surface area contributed by atoms with Crippen molar-refractivity contribution in [1.29, 1.82) is 0 Å². The van der Waals surface area contributed by atoms with Gasteiger partial charge in [-0.3, -0.25) is 4.79 Å². The van der Waals surface area contributed by atoms with E-state index in [1.54, 1.807) is 6.33 Å². The smallest absolute Gasteiger partial charge is 0.231 e. The highest BCUT2D eigenvalue weighted by molar-refractivity contribution is 6.30. The number of hydrogen-bond acceptors (Lipinski definition) is 3. The standard InChI is InChI=1S/C18H23ClN4O/c1-12(2)23-11-20-22-16(23)13(3)21-17(24)18(9-4-10-18)14-5-7-15(19)8-6-14/h5-8,11-13H,4,9-10H2,1-3H3,(H,21,24)/t13-/m0/s1. The first-order valence-electron chi connectivity index (χ1n) is 8.40. The molecule has 6 heteroatoms. The van der Waals surface area contributed by atoms with Crippen LogP contribution in [0.4, 0.5) is 0 Å². The van der Waals surface area contributed by atoms with Crippen LogP contribution < -0.4 is 5.32 Å². The molecule has 0 bridgehead atoms. The molecule has 0 aliphatic heterocycles. The van der Waals surface area contributed by atoms with Gasteiger partial charge in [-0.15, -0.1) is 10.2 Å². The Hall–Kier alpha value is -1.88. The molecule has 1 atom stereocenters. The molecule has 2 aromatic rings. The zero-order chi connectivity index (χ0) is 17.3. The Morgan fingerprint density at radius 3 is 2.46 bits per heavy atom. The average Bonchev–Trinajstić information content (AvgIpc) is 2.98. The molecule has 1 saturated carbocycles. The van der Waals surface area contributed by atoms with E-state index in [1.165, 1.54) is 0 Å². The molecule has 1 aliphatic carbocycles. The topological polar surface area (TPSA) is 59.8 Å². The van der Waals surface area contributed by atoms with Gasteiger partial charge in [0.15, 0.2) is 5.82 Å². The Morgan fingerprint density at radius 2 is 1.92 bits per heavy atom. The lowest BCUT2D eigenvalue weighted by molar-refractivity contribution is -0.130. The van der Waals surface area contributed by atoms with Gasteiger partial charge in [0.2, 0.25) is 5.91 Å². The zero-order valence-electron chi connectivity index (χ0n) is 14.3. The number of hydrogen-bond donors (Lipinski definition) is 1. The van der Waals surface area contributed by atoms with Gasteiger partial charge in [0.05, 0.1) is 11.5 Å². The Morgan fingerprint density at radius 1 is 1.25 bits per heavy atom. The third-order valence-corrected chi connectivity index (χ3v) is 5.18. The number of aromatic nitrogens is 3. The highest BCUT2D eigenvalue weighted by Gasteiger charge is 2.46. The number of halogens is 1. The first kappa shape index (κ1) is 17.0. The Bertz CT molecular complexity index is 719. The molecule has 1 aromatic carbocycles. The minimum absolute atomic E-state index is 0.0573. The third-order valence-electron chi connectivity index (χ3n) is 4.93. The molecule has 1 aliphatic rings. The molecule has 5 nitrogen and oxygen atoms in total. The van der Waals surface area contributed by atoms with Crippen LogP contribution in [0.1, 0.15) is 63.5 Å². The number of rotatable bonds is 5. The van der Waals surface area contributed by atoms with Crippen molar-refractivity contribution in [1.82, 2.24) is 20.1 Å². The van der Waals surface area contributed by atoms with Crippen LogP contribution in [0.25, 0.3) is 0 Å². The summed E-state index contributed by atoms with van der Waals surface area (Å²) in [6.07, 6.45) is 4.50. The maximum atomic E-state index is 13.0. The van der Waals surface area contributed by atoms with Crippen LogP contribution in [-0.4, -0.2) is 20.7 Å². The number of amides is 1. The van der Waals surface area contributed by atoms with Crippen molar-refractivity contribution in [2.24, 2.45) is 0 Å². The van der Waals surface area contributed by atoms with E-state index in [-0.39, 0.29) is 18.0 Å². The molecule has 1 fully saturated rings. The molecule has 128 valence electrons. The van der Waals surface area contributed by atoms with Gasteiger partial charge in [0, 0.05) is 11.1 Å². The van der Waals surface area contributed by atoms with Crippen molar-refractivity contribution in [3.63, 3.8) is 0 Å². The van der Waals surface area contributed by atoms with Crippen LogP contribution in [-0.2, 0) is 10.2 Å². The second kappa shape index (κ2) is 6.55. The van der Waals surface area contributed by atoms with Crippen molar-refractivity contribution in [3.05, 3.63) is 47.0 Å². The van der Waals surface area contributed by atoms with Gasteiger partial charge in [-0.25, -0.2) is 0 Å². The van der Waals surface area contributed by atoms with Gasteiger partial charge >= 0.3 is 0 Å². The average molecular weight is 347 g/mol. The van der Waals surface area contributed by atoms with Crippen molar-refractivity contribution in [3.8, 4) is 0 Å². The summed E-state index contributed by atoms with van der Waals surface area (Å²) >= 11 is 5.98. The molecule has 3 rings (SSSR count). The maximum Gasteiger partial charge on any atom is 0.231 e. The van der Waals surface area contributed by atoms with Gasteiger partial charge in [-0.2, -0.15) is 0 Å². The second-order valence-corrected chi connectivity index (χ2v) is 7.26. The van der Waals surface area contributed by atoms with E-state index in [2.05, 4.69) is 29.4 Å². The summed E-state index contributed by atoms with van der Waals surface area (Å²) in [5, 5.41) is 12.0. The second-order valence-electron chi connectivity index (χ2n) is 6.83. The summed E-state index contributed by atoms with van der Waals surface area (Å²) < 4.78 is 1.99. The van der Waals surface area contributed by atoms with Gasteiger partial charge in [-0.1, -0.05) is 30.2 Å². The number of nitrogens with zero attached hydrogens (tertiary/aromatic N) is 3. The maximum absolute atomic E-state index is 13.0. The Balaban J connectivity index is 1.80. The van der Waals surface area contributed by atoms with Crippen LogP contribution in [0, 0.1) is 0 Å². The van der Waals surface area contributed by atoms with Crippen LogP contribution in [0.3, 0.4) is 0 Å². The SMILES string of the molecule is CC(C)n1cnnc1[C@H](C)NC(=O)C1(c2ccc(Cl)cc2)CCC1. The largest absolute Gasteiger partial charge is 0.346 e. The van der Waals surface area contributed by atoms with E-state index in [9.17, 15) is 4.79 Å². The van der Waals surface area contributed by atoms with Crippen molar-refractivity contribution in [2.75, 3.05) is 0 Å². The predicted octanol–water partition coefficient (Wildman–Crippen LogP) is 3.81. The fraction of sp³-hybridized carbons (Fsp3) is 0.500. The highest BCUT2D eigenvalue weighted by Crippen LogP contribution is 2.44. The number of benzene rings is 1. The monoisotopic (exact) mass is 346 g/mol. The number of nitrogens with one attached hydrogen (secondary N) is 1. The lowest BCUT2D eigenvalue weighted by Gasteiger charge is -2.41.